The van der Waals surface area contributed by atoms with Gasteiger partial charge in [-0.25, -0.2) is 22.5 Å². The van der Waals surface area contributed by atoms with Gasteiger partial charge in [0.25, 0.3) is 5.91 Å². The van der Waals surface area contributed by atoms with Crippen LogP contribution in [-0.4, -0.2) is 28.4 Å². The number of nitrogens with one attached hydrogen (secondary N) is 1. The molecule has 0 spiro atoms. The summed E-state index contributed by atoms with van der Waals surface area (Å²) in [5, 5.41) is 2.61. The zero-order valence-electron chi connectivity index (χ0n) is 18.1. The number of alkyl halides is 4. The molecule has 1 aliphatic carbocycles. The lowest BCUT2D eigenvalue weighted by atomic mass is 9.83. The van der Waals surface area contributed by atoms with E-state index in [2.05, 4.69) is 20.0 Å². The number of carbonyl (C=O) groups is 1. The molecule has 5 nitrogen and oxygen atoms in total. The number of hydrogen-bond donors (Lipinski definition) is 1. The Bertz CT molecular complexity index is 1210. The van der Waals surface area contributed by atoms with Gasteiger partial charge >= 0.3 is 6.61 Å². The summed E-state index contributed by atoms with van der Waals surface area (Å²) >= 11 is 0. The predicted octanol–water partition coefficient (Wildman–Crippen LogP) is 6.57. The highest BCUT2D eigenvalue weighted by atomic mass is 19.3. The number of rotatable bonds is 6. The zero-order chi connectivity index (χ0) is 25.2. The second-order valence-electron chi connectivity index (χ2n) is 8.09. The van der Waals surface area contributed by atoms with Crippen LogP contribution in [0.1, 0.15) is 47.7 Å². The highest BCUT2D eigenvalue weighted by Gasteiger charge is 2.37. The Morgan fingerprint density at radius 1 is 1.03 bits per heavy atom. The molecule has 1 aliphatic rings. The summed E-state index contributed by atoms with van der Waals surface area (Å²) in [6.45, 7) is -3.09. The van der Waals surface area contributed by atoms with E-state index in [0.717, 1.165) is 30.5 Å². The monoisotopic (exact) mass is 495 g/mol. The summed E-state index contributed by atoms with van der Waals surface area (Å²) in [5.41, 5.74) is 0.236. The quantitative estimate of drug-likeness (QED) is 0.393. The van der Waals surface area contributed by atoms with Crippen molar-refractivity contribution in [3.63, 3.8) is 0 Å². The third-order valence-corrected chi connectivity index (χ3v) is 5.75. The maximum absolute atomic E-state index is 14.6. The summed E-state index contributed by atoms with van der Waals surface area (Å²) in [6.07, 6.45) is 1.77. The lowest BCUT2D eigenvalue weighted by Crippen LogP contribution is -2.25. The van der Waals surface area contributed by atoms with Gasteiger partial charge in [-0.3, -0.25) is 9.78 Å². The maximum atomic E-state index is 14.6. The van der Waals surface area contributed by atoms with Gasteiger partial charge in [-0.05, 0) is 43.2 Å². The number of benzene rings is 1. The van der Waals surface area contributed by atoms with Crippen molar-refractivity contribution in [3.05, 3.63) is 71.7 Å². The van der Waals surface area contributed by atoms with Crippen molar-refractivity contribution >= 4 is 11.6 Å². The van der Waals surface area contributed by atoms with Gasteiger partial charge < -0.3 is 10.1 Å². The van der Waals surface area contributed by atoms with Crippen molar-refractivity contribution < 1.29 is 35.9 Å². The number of carbonyl (C=O) groups excluding carboxylic acids is 1. The number of halogens is 6. The normalized spacial score (nSPS) is 15.7. The first-order valence-corrected chi connectivity index (χ1v) is 10.7. The second-order valence-corrected chi connectivity index (χ2v) is 8.09. The fourth-order valence-corrected chi connectivity index (χ4v) is 4.02. The average molecular weight is 495 g/mol. The number of anilines is 1. The first-order valence-electron chi connectivity index (χ1n) is 10.7. The molecule has 1 saturated carbocycles. The Kier molecular flexibility index (Phi) is 6.95. The van der Waals surface area contributed by atoms with Crippen molar-refractivity contribution in [2.75, 3.05) is 5.32 Å². The molecule has 184 valence electrons. The average Bonchev–Trinajstić information content (AvgIpc) is 2.81. The number of amides is 1. The maximum Gasteiger partial charge on any atom is 0.388 e. The molecule has 0 radical (unpaired) electrons. The van der Waals surface area contributed by atoms with Crippen molar-refractivity contribution in [1.29, 1.82) is 0 Å². The van der Waals surface area contributed by atoms with Gasteiger partial charge in [0.05, 0.1) is 16.9 Å². The summed E-state index contributed by atoms with van der Waals surface area (Å²) in [7, 11) is 0. The van der Waals surface area contributed by atoms with E-state index in [4.69, 9.17) is 0 Å². The Hall–Kier alpha value is -3.63. The lowest BCUT2D eigenvalue weighted by Gasteiger charge is -2.29. The van der Waals surface area contributed by atoms with Crippen LogP contribution in [0.2, 0.25) is 0 Å². The molecule has 2 heterocycles. The van der Waals surface area contributed by atoms with Crippen molar-refractivity contribution in [2.24, 2.45) is 0 Å². The number of hydrogen-bond acceptors (Lipinski definition) is 4. The molecular weight excluding hydrogens is 476 g/mol. The van der Waals surface area contributed by atoms with Crippen LogP contribution in [0.3, 0.4) is 0 Å². The second kappa shape index (κ2) is 9.93. The first-order chi connectivity index (χ1) is 16.6. The topological polar surface area (TPSA) is 64.1 Å². The molecule has 4 rings (SSSR count). The summed E-state index contributed by atoms with van der Waals surface area (Å²) in [5.74, 6) is -5.88. The number of aromatic nitrogens is 2. The molecule has 35 heavy (non-hydrogen) atoms. The molecule has 0 bridgehead atoms. The minimum atomic E-state index is -3.09. The van der Waals surface area contributed by atoms with E-state index in [9.17, 15) is 31.1 Å². The standard InChI is InChI=1S/C24H19F6N3O2/c25-15-2-3-18(26)17(11-15)16-7-10-31-20(13-5-8-24(29,30)9-6-13)21(16)33-22(34)14-1-4-19(32-12-14)35-23(27)28/h1-4,7,10-13,23H,5-6,8-9H2,(H,33,34). The van der Waals surface area contributed by atoms with E-state index in [0.29, 0.717) is 0 Å². The SMILES string of the molecule is O=C(Nc1c(-c2cc(F)ccc2F)ccnc1C1CCC(F)(F)CC1)c1ccc(OC(F)F)nc1. The van der Waals surface area contributed by atoms with Gasteiger partial charge in [0.2, 0.25) is 11.8 Å². The van der Waals surface area contributed by atoms with Gasteiger partial charge in [0.1, 0.15) is 11.6 Å². The van der Waals surface area contributed by atoms with E-state index in [1.807, 2.05) is 0 Å². The summed E-state index contributed by atoms with van der Waals surface area (Å²) in [4.78, 5) is 20.9. The van der Waals surface area contributed by atoms with Crippen molar-refractivity contribution in [2.45, 2.75) is 44.1 Å². The number of nitrogens with zero attached hydrogens (tertiary/aromatic N) is 2. The van der Waals surface area contributed by atoms with Crippen LogP contribution in [0.4, 0.5) is 32.0 Å². The summed E-state index contributed by atoms with van der Waals surface area (Å²) in [6, 6.07) is 6.48. The predicted molar refractivity (Wildman–Crippen MR) is 115 cm³/mol. The third-order valence-electron chi connectivity index (χ3n) is 5.75. The van der Waals surface area contributed by atoms with Gasteiger partial charge in [-0.1, -0.05) is 0 Å². The zero-order valence-corrected chi connectivity index (χ0v) is 18.1. The summed E-state index contributed by atoms with van der Waals surface area (Å²) < 4.78 is 84.9. The van der Waals surface area contributed by atoms with Crippen LogP contribution in [-0.2, 0) is 0 Å². The molecule has 2 aromatic heterocycles. The first kappa shape index (κ1) is 24.5. The van der Waals surface area contributed by atoms with E-state index in [1.54, 1.807) is 0 Å². The molecule has 0 aliphatic heterocycles. The number of ether oxygens (including phenoxy) is 1. The molecule has 1 fully saturated rings. The highest BCUT2D eigenvalue weighted by Crippen LogP contribution is 2.44. The lowest BCUT2D eigenvalue weighted by molar-refractivity contribution is -0.0528. The van der Waals surface area contributed by atoms with Crippen molar-refractivity contribution in [1.82, 2.24) is 9.97 Å². The van der Waals surface area contributed by atoms with Crippen LogP contribution in [0.5, 0.6) is 5.88 Å². The molecule has 11 heteroatoms. The van der Waals surface area contributed by atoms with E-state index in [1.165, 1.54) is 18.3 Å². The minimum Gasteiger partial charge on any atom is -0.417 e. The van der Waals surface area contributed by atoms with E-state index >= 15 is 0 Å². The molecular formula is C24H19F6N3O2. The molecule has 1 aromatic carbocycles. The Balaban J connectivity index is 1.72. The highest BCUT2D eigenvalue weighted by molar-refractivity contribution is 6.06. The van der Waals surface area contributed by atoms with Crippen molar-refractivity contribution in [3.8, 4) is 17.0 Å². The molecule has 0 saturated heterocycles. The molecule has 0 atom stereocenters. The van der Waals surface area contributed by atoms with Gasteiger partial charge in [-0.15, -0.1) is 0 Å². The van der Waals surface area contributed by atoms with Crippen LogP contribution in [0, 0.1) is 11.6 Å². The van der Waals surface area contributed by atoms with Gasteiger partial charge in [0, 0.05) is 48.3 Å². The van der Waals surface area contributed by atoms with Crippen LogP contribution in [0.25, 0.3) is 11.1 Å². The minimum absolute atomic E-state index is 0.0396. The molecule has 3 aromatic rings. The molecule has 1 N–H and O–H groups in total. The Morgan fingerprint density at radius 3 is 2.43 bits per heavy atom. The largest absolute Gasteiger partial charge is 0.417 e. The van der Waals surface area contributed by atoms with Crippen LogP contribution in [0.15, 0.2) is 48.8 Å². The Morgan fingerprint density at radius 2 is 1.77 bits per heavy atom. The fraction of sp³-hybridized carbons (Fsp3) is 0.292. The molecule has 0 unspecified atom stereocenters. The third kappa shape index (κ3) is 5.72. The molecule has 1 amide bonds. The van der Waals surface area contributed by atoms with Crippen LogP contribution >= 0.6 is 0 Å². The Labute approximate surface area is 196 Å². The van der Waals surface area contributed by atoms with Gasteiger partial charge in [-0.2, -0.15) is 8.78 Å². The fourth-order valence-electron chi connectivity index (χ4n) is 4.02. The smallest absolute Gasteiger partial charge is 0.388 e. The van der Waals surface area contributed by atoms with Crippen LogP contribution < -0.4 is 10.1 Å². The number of pyridine rings is 2. The van der Waals surface area contributed by atoms with E-state index < -0.39 is 41.9 Å². The van der Waals surface area contributed by atoms with E-state index in [-0.39, 0.29) is 53.8 Å². The van der Waals surface area contributed by atoms with Gasteiger partial charge in [0.15, 0.2) is 0 Å².